The molecule has 0 saturated heterocycles. The van der Waals surface area contributed by atoms with Crippen molar-refractivity contribution in [2.75, 3.05) is 5.94 Å². The molecular weight excluding hydrogens is 264 g/mol. The predicted octanol–water partition coefficient (Wildman–Crippen LogP) is 2.39. The molecule has 0 radical (unpaired) electrons. The van der Waals surface area contributed by atoms with E-state index < -0.39 is 9.84 Å². The Balaban J connectivity index is 1.77. The van der Waals surface area contributed by atoms with E-state index in [4.69, 9.17) is 9.47 Å². The van der Waals surface area contributed by atoms with Crippen LogP contribution in [0.3, 0.4) is 0 Å². The highest BCUT2D eigenvalue weighted by molar-refractivity contribution is 7.91. The maximum absolute atomic E-state index is 11.6. The second kappa shape index (κ2) is 4.59. The zero-order chi connectivity index (χ0) is 13.3. The van der Waals surface area contributed by atoms with E-state index in [2.05, 4.69) is 0 Å². The van der Waals surface area contributed by atoms with Gasteiger partial charge in [-0.15, -0.1) is 0 Å². The second-order valence-electron chi connectivity index (χ2n) is 4.26. The van der Waals surface area contributed by atoms with E-state index in [1.807, 2.05) is 30.3 Å². The molecule has 1 aliphatic rings. The van der Waals surface area contributed by atoms with Crippen molar-refractivity contribution in [1.29, 1.82) is 0 Å². The number of benzene rings is 2. The number of ether oxygens (including phenoxy) is 2. The molecule has 0 atom stereocenters. The Morgan fingerprint density at radius 1 is 1.11 bits per heavy atom. The number of hydrogen-bond acceptors (Lipinski definition) is 4. The van der Waals surface area contributed by atoms with Gasteiger partial charge in [-0.3, -0.25) is 0 Å². The second-order valence-corrected chi connectivity index (χ2v) is 6.16. The summed E-state index contributed by atoms with van der Waals surface area (Å²) >= 11 is 0. The Hall–Kier alpha value is -2.01. The van der Waals surface area contributed by atoms with E-state index in [1.54, 1.807) is 12.1 Å². The Labute approximate surface area is 111 Å². The molecule has 0 aromatic heterocycles. The Bertz CT molecular complexity index is 693. The van der Waals surface area contributed by atoms with Crippen LogP contribution < -0.4 is 9.47 Å². The average Bonchev–Trinajstić information content (AvgIpc) is 2.73. The third-order valence-electron chi connectivity index (χ3n) is 2.87. The summed E-state index contributed by atoms with van der Waals surface area (Å²) in [6, 6.07) is 14.5. The van der Waals surface area contributed by atoms with E-state index in [9.17, 15) is 8.42 Å². The van der Waals surface area contributed by atoms with Crippen LogP contribution in [0.15, 0.2) is 53.4 Å². The molecule has 0 bridgehead atoms. The summed E-state index contributed by atoms with van der Waals surface area (Å²) < 4.78 is 33.9. The fourth-order valence-electron chi connectivity index (χ4n) is 1.89. The van der Waals surface area contributed by atoms with Crippen LogP contribution in [0, 0.1) is 0 Å². The minimum Gasteiger partial charge on any atom is -0.489 e. The highest BCUT2D eigenvalue weighted by Gasteiger charge is 2.28. The number of sulfone groups is 1. The van der Waals surface area contributed by atoms with Gasteiger partial charge in [-0.2, -0.15) is 0 Å². The SMILES string of the molecule is O=S1(=O)COc2cc(OCc3ccccc3)ccc21. The summed E-state index contributed by atoms with van der Waals surface area (Å²) in [5, 5.41) is 0. The van der Waals surface area contributed by atoms with E-state index in [1.165, 1.54) is 6.07 Å². The highest BCUT2D eigenvalue weighted by Crippen LogP contribution is 2.34. The third-order valence-corrected chi connectivity index (χ3v) is 4.30. The standard InChI is InChI=1S/C14H12O4S/c15-19(16)10-18-13-8-12(6-7-14(13)19)17-9-11-4-2-1-3-5-11/h1-8H,9-10H2. The van der Waals surface area contributed by atoms with Gasteiger partial charge in [0.25, 0.3) is 0 Å². The lowest BCUT2D eigenvalue weighted by Crippen LogP contribution is -2.01. The molecule has 5 heteroatoms. The zero-order valence-electron chi connectivity index (χ0n) is 10.1. The minimum atomic E-state index is -3.27. The fraction of sp³-hybridized carbons (Fsp3) is 0.143. The lowest BCUT2D eigenvalue weighted by molar-refractivity contribution is 0.303. The summed E-state index contributed by atoms with van der Waals surface area (Å²) in [4.78, 5) is 0.236. The van der Waals surface area contributed by atoms with Gasteiger partial charge in [0.2, 0.25) is 9.84 Å². The largest absolute Gasteiger partial charge is 0.489 e. The van der Waals surface area contributed by atoms with Crippen LogP contribution in [0.5, 0.6) is 11.5 Å². The molecule has 3 rings (SSSR count). The molecule has 0 amide bonds. The third kappa shape index (κ3) is 2.42. The molecule has 1 heterocycles. The summed E-state index contributed by atoms with van der Waals surface area (Å²) in [5.41, 5.74) is 1.05. The molecule has 0 saturated carbocycles. The first kappa shape index (κ1) is 12.0. The monoisotopic (exact) mass is 276 g/mol. The lowest BCUT2D eigenvalue weighted by atomic mass is 10.2. The van der Waals surface area contributed by atoms with E-state index in [-0.39, 0.29) is 10.8 Å². The van der Waals surface area contributed by atoms with Crippen molar-refractivity contribution in [3.8, 4) is 11.5 Å². The van der Waals surface area contributed by atoms with Gasteiger partial charge in [-0.05, 0) is 17.7 Å². The number of hydrogen-bond donors (Lipinski definition) is 0. The summed E-state index contributed by atoms with van der Waals surface area (Å²) in [5.74, 6) is 0.676. The van der Waals surface area contributed by atoms with Crippen LogP contribution in [0.25, 0.3) is 0 Å². The molecule has 0 spiro atoms. The van der Waals surface area contributed by atoms with Crippen molar-refractivity contribution in [3.63, 3.8) is 0 Å². The first-order valence-corrected chi connectivity index (χ1v) is 7.47. The highest BCUT2D eigenvalue weighted by atomic mass is 32.2. The number of fused-ring (bicyclic) bond motifs is 1. The Kier molecular flexibility index (Phi) is 2.91. The summed E-state index contributed by atoms with van der Waals surface area (Å²) in [6.07, 6.45) is 0. The van der Waals surface area contributed by atoms with Crippen molar-refractivity contribution < 1.29 is 17.9 Å². The molecule has 0 fully saturated rings. The number of rotatable bonds is 3. The molecule has 2 aromatic carbocycles. The zero-order valence-corrected chi connectivity index (χ0v) is 10.9. The molecule has 0 aliphatic carbocycles. The van der Waals surface area contributed by atoms with Crippen molar-refractivity contribution in [2.45, 2.75) is 11.5 Å². The van der Waals surface area contributed by atoms with Crippen LogP contribution in [-0.4, -0.2) is 14.4 Å². The lowest BCUT2D eigenvalue weighted by Gasteiger charge is -2.07. The average molecular weight is 276 g/mol. The smallest absolute Gasteiger partial charge is 0.216 e. The van der Waals surface area contributed by atoms with Gasteiger partial charge >= 0.3 is 0 Å². The van der Waals surface area contributed by atoms with Gasteiger partial charge in [-0.1, -0.05) is 30.3 Å². The van der Waals surface area contributed by atoms with E-state index in [0.29, 0.717) is 18.1 Å². The van der Waals surface area contributed by atoms with Crippen LogP contribution >= 0.6 is 0 Å². The Morgan fingerprint density at radius 3 is 2.68 bits per heavy atom. The summed E-state index contributed by atoms with van der Waals surface area (Å²) in [7, 11) is -3.27. The first-order valence-electron chi connectivity index (χ1n) is 5.81. The fourth-order valence-corrected chi connectivity index (χ4v) is 3.00. The van der Waals surface area contributed by atoms with Gasteiger partial charge in [-0.25, -0.2) is 8.42 Å². The minimum absolute atomic E-state index is 0.236. The van der Waals surface area contributed by atoms with Crippen LogP contribution in [0.4, 0.5) is 0 Å². The maximum Gasteiger partial charge on any atom is 0.216 e. The van der Waals surface area contributed by atoms with Crippen LogP contribution in [0.2, 0.25) is 0 Å². The topological polar surface area (TPSA) is 52.6 Å². The molecular formula is C14H12O4S. The molecule has 2 aromatic rings. The first-order chi connectivity index (χ1) is 9.15. The molecule has 4 nitrogen and oxygen atoms in total. The molecule has 1 aliphatic heterocycles. The quantitative estimate of drug-likeness (QED) is 0.863. The van der Waals surface area contributed by atoms with Crippen molar-refractivity contribution in [1.82, 2.24) is 0 Å². The normalized spacial score (nSPS) is 15.6. The van der Waals surface area contributed by atoms with E-state index in [0.717, 1.165) is 5.56 Å². The van der Waals surface area contributed by atoms with E-state index >= 15 is 0 Å². The molecule has 0 N–H and O–H groups in total. The van der Waals surface area contributed by atoms with Crippen molar-refractivity contribution in [2.24, 2.45) is 0 Å². The summed E-state index contributed by atoms with van der Waals surface area (Å²) in [6.45, 7) is 0.437. The van der Waals surface area contributed by atoms with Crippen LogP contribution in [-0.2, 0) is 16.4 Å². The molecule has 98 valence electrons. The molecule has 0 unspecified atom stereocenters. The van der Waals surface area contributed by atoms with Gasteiger partial charge in [0.05, 0.1) is 0 Å². The van der Waals surface area contributed by atoms with Gasteiger partial charge in [0, 0.05) is 6.07 Å². The van der Waals surface area contributed by atoms with Gasteiger partial charge in [0.15, 0.2) is 5.94 Å². The van der Waals surface area contributed by atoms with Gasteiger partial charge < -0.3 is 9.47 Å². The maximum atomic E-state index is 11.6. The van der Waals surface area contributed by atoms with Gasteiger partial charge in [0.1, 0.15) is 23.0 Å². The van der Waals surface area contributed by atoms with Crippen molar-refractivity contribution in [3.05, 3.63) is 54.1 Å². The van der Waals surface area contributed by atoms with Crippen molar-refractivity contribution >= 4 is 9.84 Å². The molecule has 19 heavy (non-hydrogen) atoms. The Morgan fingerprint density at radius 2 is 1.89 bits per heavy atom. The predicted molar refractivity (Wildman–Crippen MR) is 69.9 cm³/mol. The van der Waals surface area contributed by atoms with Crippen LogP contribution in [0.1, 0.15) is 5.56 Å².